The minimum atomic E-state index is 0.206. The molecule has 19 heavy (non-hydrogen) atoms. The lowest BCUT2D eigenvalue weighted by molar-refractivity contribution is -0.116. The first-order chi connectivity index (χ1) is 9.15. The van der Waals surface area contributed by atoms with E-state index in [1.807, 2.05) is 49.3 Å². The maximum atomic E-state index is 11.9. The van der Waals surface area contributed by atoms with Crippen molar-refractivity contribution in [3.63, 3.8) is 0 Å². The predicted octanol–water partition coefficient (Wildman–Crippen LogP) is 2.51. The topological polar surface area (TPSA) is 46.1 Å². The fraction of sp³-hybridized carbons (Fsp3) is 0.308. The fourth-order valence-corrected chi connectivity index (χ4v) is 3.08. The maximum Gasteiger partial charge on any atom is 0.208 e. The van der Waals surface area contributed by atoms with Crippen molar-refractivity contribution in [2.24, 2.45) is 0 Å². The van der Waals surface area contributed by atoms with Crippen molar-refractivity contribution in [2.75, 3.05) is 24.7 Å². The van der Waals surface area contributed by atoms with Crippen LogP contribution in [0.15, 0.2) is 34.7 Å². The lowest BCUT2D eigenvalue weighted by Crippen LogP contribution is -2.07. The zero-order valence-electron chi connectivity index (χ0n) is 10.9. The van der Waals surface area contributed by atoms with E-state index in [9.17, 15) is 4.79 Å². The van der Waals surface area contributed by atoms with E-state index in [0.29, 0.717) is 12.2 Å². The summed E-state index contributed by atoms with van der Waals surface area (Å²) in [6.07, 6.45) is 0.479. The van der Waals surface area contributed by atoms with E-state index in [2.05, 4.69) is 10.2 Å². The van der Waals surface area contributed by atoms with Crippen molar-refractivity contribution in [1.82, 2.24) is 10.2 Å². The van der Waals surface area contributed by atoms with Crippen LogP contribution in [-0.4, -0.2) is 35.8 Å². The van der Waals surface area contributed by atoms with Crippen molar-refractivity contribution >= 4 is 34.0 Å². The van der Waals surface area contributed by atoms with Crippen LogP contribution in [-0.2, 0) is 11.2 Å². The minimum Gasteiger partial charge on any atom is -0.353 e. The molecule has 1 aromatic carbocycles. The van der Waals surface area contributed by atoms with E-state index in [1.54, 1.807) is 0 Å². The SMILES string of the molecule is CN(C)c1nnc(SCC(=O)Cc2ccccc2)s1. The van der Waals surface area contributed by atoms with Gasteiger partial charge < -0.3 is 4.90 Å². The van der Waals surface area contributed by atoms with Crippen molar-refractivity contribution in [1.29, 1.82) is 0 Å². The first kappa shape index (κ1) is 14.0. The van der Waals surface area contributed by atoms with Gasteiger partial charge in [-0.05, 0) is 5.56 Å². The molecular formula is C13H15N3OS2. The smallest absolute Gasteiger partial charge is 0.208 e. The van der Waals surface area contributed by atoms with Gasteiger partial charge in [0.25, 0.3) is 0 Å². The highest BCUT2D eigenvalue weighted by molar-refractivity contribution is 8.01. The number of thioether (sulfide) groups is 1. The third kappa shape index (κ3) is 4.33. The normalized spacial score (nSPS) is 10.4. The van der Waals surface area contributed by atoms with E-state index in [-0.39, 0.29) is 5.78 Å². The number of aromatic nitrogens is 2. The molecule has 0 aliphatic heterocycles. The summed E-state index contributed by atoms with van der Waals surface area (Å²) in [4.78, 5) is 13.8. The summed E-state index contributed by atoms with van der Waals surface area (Å²) >= 11 is 2.96. The van der Waals surface area contributed by atoms with E-state index in [1.165, 1.54) is 23.1 Å². The van der Waals surface area contributed by atoms with Crippen LogP contribution in [0.4, 0.5) is 5.13 Å². The van der Waals surface area contributed by atoms with E-state index in [0.717, 1.165) is 15.0 Å². The molecule has 0 aliphatic rings. The number of benzene rings is 1. The summed E-state index contributed by atoms with van der Waals surface area (Å²) in [5, 5.41) is 8.95. The molecule has 1 heterocycles. The van der Waals surface area contributed by atoms with Crippen LogP contribution in [0.25, 0.3) is 0 Å². The minimum absolute atomic E-state index is 0.206. The van der Waals surface area contributed by atoms with E-state index >= 15 is 0 Å². The molecule has 4 nitrogen and oxygen atoms in total. The highest BCUT2D eigenvalue weighted by atomic mass is 32.2. The van der Waals surface area contributed by atoms with Crippen LogP contribution in [0.5, 0.6) is 0 Å². The zero-order chi connectivity index (χ0) is 13.7. The Morgan fingerprint density at radius 2 is 2.00 bits per heavy atom. The molecule has 0 fully saturated rings. The molecule has 0 saturated heterocycles. The molecule has 0 amide bonds. The van der Waals surface area contributed by atoms with Crippen molar-refractivity contribution in [2.45, 2.75) is 10.8 Å². The van der Waals surface area contributed by atoms with Gasteiger partial charge in [0.2, 0.25) is 5.13 Å². The maximum absolute atomic E-state index is 11.9. The van der Waals surface area contributed by atoms with Gasteiger partial charge in [0, 0.05) is 20.5 Å². The van der Waals surface area contributed by atoms with Gasteiger partial charge >= 0.3 is 0 Å². The van der Waals surface area contributed by atoms with Gasteiger partial charge in [0.15, 0.2) is 4.34 Å². The Kier molecular flexibility index (Phi) is 4.93. The van der Waals surface area contributed by atoms with E-state index in [4.69, 9.17) is 0 Å². The Morgan fingerprint density at radius 1 is 1.26 bits per heavy atom. The monoisotopic (exact) mass is 293 g/mol. The first-order valence-corrected chi connectivity index (χ1v) is 7.64. The Balaban J connectivity index is 1.83. The van der Waals surface area contributed by atoms with Crippen LogP contribution in [0.3, 0.4) is 0 Å². The molecule has 0 N–H and O–H groups in total. The molecule has 0 aliphatic carbocycles. The van der Waals surface area contributed by atoms with Gasteiger partial charge in [-0.15, -0.1) is 10.2 Å². The van der Waals surface area contributed by atoms with Gasteiger partial charge in [-0.1, -0.05) is 53.4 Å². The molecule has 0 unspecified atom stereocenters. The van der Waals surface area contributed by atoms with Gasteiger partial charge in [-0.2, -0.15) is 0 Å². The largest absolute Gasteiger partial charge is 0.353 e. The number of ketones is 1. The van der Waals surface area contributed by atoms with Crippen LogP contribution >= 0.6 is 23.1 Å². The third-order valence-corrected chi connectivity index (χ3v) is 4.66. The third-order valence-electron chi connectivity index (χ3n) is 2.38. The van der Waals surface area contributed by atoms with E-state index < -0.39 is 0 Å². The summed E-state index contributed by atoms with van der Waals surface area (Å²) in [6.45, 7) is 0. The number of anilines is 1. The Labute approximate surface area is 120 Å². The van der Waals surface area contributed by atoms with Gasteiger partial charge in [0.1, 0.15) is 5.78 Å². The average Bonchev–Trinajstić information content (AvgIpc) is 2.86. The highest BCUT2D eigenvalue weighted by Crippen LogP contribution is 2.26. The lowest BCUT2D eigenvalue weighted by Gasteiger charge is -2.03. The number of rotatable bonds is 6. The standard InChI is InChI=1S/C13H15N3OS2/c1-16(2)12-14-15-13(19-12)18-9-11(17)8-10-6-4-3-5-7-10/h3-7H,8-9H2,1-2H3. The van der Waals surface area contributed by atoms with Gasteiger partial charge in [0.05, 0.1) is 5.75 Å². The molecule has 0 atom stereocenters. The van der Waals surface area contributed by atoms with Gasteiger partial charge in [-0.25, -0.2) is 0 Å². The summed E-state index contributed by atoms with van der Waals surface area (Å²) in [7, 11) is 3.85. The second kappa shape index (κ2) is 6.68. The molecular weight excluding hydrogens is 278 g/mol. The summed E-state index contributed by atoms with van der Waals surface area (Å²) in [5.74, 6) is 0.648. The number of nitrogens with zero attached hydrogens (tertiary/aromatic N) is 3. The Morgan fingerprint density at radius 3 is 2.63 bits per heavy atom. The van der Waals surface area contributed by atoms with Gasteiger partial charge in [-0.3, -0.25) is 4.79 Å². The van der Waals surface area contributed by atoms with Crippen LogP contribution in [0.2, 0.25) is 0 Å². The second-order valence-corrected chi connectivity index (χ2v) is 6.41. The quantitative estimate of drug-likeness (QED) is 0.766. The molecule has 0 radical (unpaired) electrons. The fourth-order valence-electron chi connectivity index (χ4n) is 1.46. The summed E-state index contributed by atoms with van der Waals surface area (Å²) in [5.41, 5.74) is 1.05. The Hall–Kier alpha value is -1.40. The predicted molar refractivity (Wildman–Crippen MR) is 80.1 cm³/mol. The Bertz CT molecular complexity index is 540. The number of carbonyl (C=O) groups is 1. The second-order valence-electron chi connectivity index (χ2n) is 4.23. The highest BCUT2D eigenvalue weighted by Gasteiger charge is 2.09. The number of Topliss-reactive ketones (excluding diaryl/α,β-unsaturated/α-hetero) is 1. The molecule has 0 bridgehead atoms. The average molecular weight is 293 g/mol. The number of hydrogen-bond acceptors (Lipinski definition) is 6. The molecule has 1 aromatic heterocycles. The van der Waals surface area contributed by atoms with Crippen LogP contribution in [0, 0.1) is 0 Å². The molecule has 0 saturated carbocycles. The zero-order valence-corrected chi connectivity index (χ0v) is 12.5. The molecule has 2 rings (SSSR count). The summed E-state index contributed by atoms with van der Waals surface area (Å²) < 4.78 is 0.838. The van der Waals surface area contributed by atoms with Crippen LogP contribution < -0.4 is 4.90 Å². The summed E-state index contributed by atoms with van der Waals surface area (Å²) in [6, 6.07) is 9.79. The molecule has 6 heteroatoms. The molecule has 100 valence electrons. The number of hydrogen-bond donors (Lipinski definition) is 0. The van der Waals surface area contributed by atoms with Crippen LogP contribution in [0.1, 0.15) is 5.56 Å². The first-order valence-electron chi connectivity index (χ1n) is 5.84. The number of carbonyl (C=O) groups excluding carboxylic acids is 1. The van der Waals surface area contributed by atoms with Crippen molar-refractivity contribution in [3.8, 4) is 0 Å². The lowest BCUT2D eigenvalue weighted by atomic mass is 10.1. The van der Waals surface area contributed by atoms with Crippen molar-refractivity contribution in [3.05, 3.63) is 35.9 Å². The molecule has 0 spiro atoms. The molecule has 2 aromatic rings. The van der Waals surface area contributed by atoms with Crippen molar-refractivity contribution < 1.29 is 4.79 Å².